The highest BCUT2D eigenvalue weighted by Gasteiger charge is 2.30. The molecule has 0 saturated heterocycles. The zero-order valence-corrected chi connectivity index (χ0v) is 12.0. The maximum Gasteiger partial charge on any atom is 0.573 e. The smallest absolute Gasteiger partial charge is 0.406 e. The molecule has 0 atom stereocenters. The molecule has 1 aromatic rings. The highest BCUT2D eigenvalue weighted by molar-refractivity contribution is 9.07. The predicted octanol–water partition coefficient (Wildman–Crippen LogP) is 3.67. The zero-order valence-electron chi connectivity index (χ0n) is 10.4. The van der Waals surface area contributed by atoms with Gasteiger partial charge in [0.1, 0.15) is 5.75 Å². The third-order valence-corrected chi connectivity index (χ3v) is 3.42. The maximum atomic E-state index is 12.0. The lowest BCUT2D eigenvalue weighted by Gasteiger charge is -2.18. The Balaban J connectivity index is 2.65. The first kappa shape index (κ1) is 15.8. The summed E-state index contributed by atoms with van der Waals surface area (Å²) in [6.07, 6.45) is -4.60. The minimum absolute atomic E-state index is 0.000311. The standard InChI is InChI=1S/C12H13BrF3NO2/c1-8(2)17(13)11(18)7-9-3-5-10(6-4-9)19-12(14,15)16/h3-6,8H,7H2,1-2H3. The molecule has 0 aliphatic carbocycles. The van der Waals surface area contributed by atoms with E-state index in [-0.39, 0.29) is 24.1 Å². The van der Waals surface area contributed by atoms with E-state index in [1.165, 1.54) is 28.2 Å². The molecule has 1 rings (SSSR count). The van der Waals surface area contributed by atoms with Gasteiger partial charge in [-0.3, -0.25) is 8.72 Å². The number of rotatable bonds is 4. The van der Waals surface area contributed by atoms with Gasteiger partial charge in [0.15, 0.2) is 0 Å². The summed E-state index contributed by atoms with van der Waals surface area (Å²) < 4.78 is 41.0. The molecule has 1 aromatic carbocycles. The van der Waals surface area contributed by atoms with Crippen molar-refractivity contribution in [3.05, 3.63) is 29.8 Å². The lowest BCUT2D eigenvalue weighted by molar-refractivity contribution is -0.274. The van der Waals surface area contributed by atoms with Crippen molar-refractivity contribution in [3.8, 4) is 5.75 Å². The van der Waals surface area contributed by atoms with Crippen molar-refractivity contribution in [2.75, 3.05) is 0 Å². The van der Waals surface area contributed by atoms with Gasteiger partial charge in [-0.2, -0.15) is 0 Å². The molecule has 0 unspecified atom stereocenters. The third-order valence-electron chi connectivity index (χ3n) is 2.20. The van der Waals surface area contributed by atoms with Crippen LogP contribution in [0.5, 0.6) is 5.75 Å². The fraction of sp³-hybridized carbons (Fsp3) is 0.417. The molecule has 0 radical (unpaired) electrons. The van der Waals surface area contributed by atoms with Gasteiger partial charge >= 0.3 is 6.36 Å². The van der Waals surface area contributed by atoms with Crippen LogP contribution in [-0.4, -0.2) is 22.2 Å². The molecule has 0 N–H and O–H groups in total. The van der Waals surface area contributed by atoms with Crippen LogP contribution in [-0.2, 0) is 11.2 Å². The van der Waals surface area contributed by atoms with E-state index in [2.05, 4.69) is 20.9 Å². The van der Waals surface area contributed by atoms with E-state index < -0.39 is 6.36 Å². The van der Waals surface area contributed by atoms with Crippen LogP contribution in [0.4, 0.5) is 13.2 Å². The Morgan fingerprint density at radius 1 is 1.32 bits per heavy atom. The summed E-state index contributed by atoms with van der Waals surface area (Å²) in [6.45, 7) is 3.68. The highest BCUT2D eigenvalue weighted by Crippen LogP contribution is 2.23. The number of hydrogen-bond acceptors (Lipinski definition) is 2. The molecule has 7 heteroatoms. The molecule has 0 fully saturated rings. The van der Waals surface area contributed by atoms with Gasteiger partial charge in [-0.25, -0.2) is 0 Å². The Labute approximate surface area is 117 Å². The number of alkyl halides is 3. The molecule has 106 valence electrons. The van der Waals surface area contributed by atoms with Crippen LogP contribution >= 0.6 is 16.1 Å². The fourth-order valence-electron chi connectivity index (χ4n) is 1.35. The van der Waals surface area contributed by atoms with Crippen molar-refractivity contribution >= 4 is 22.1 Å². The molecule has 0 saturated carbocycles. The van der Waals surface area contributed by atoms with Crippen molar-refractivity contribution < 1.29 is 22.7 Å². The Morgan fingerprint density at radius 3 is 2.26 bits per heavy atom. The first-order valence-corrected chi connectivity index (χ1v) is 6.22. The van der Waals surface area contributed by atoms with Crippen molar-refractivity contribution in [2.24, 2.45) is 0 Å². The van der Waals surface area contributed by atoms with Gasteiger partial charge in [-0.05, 0) is 31.5 Å². The largest absolute Gasteiger partial charge is 0.573 e. The van der Waals surface area contributed by atoms with Gasteiger partial charge in [-0.1, -0.05) is 12.1 Å². The monoisotopic (exact) mass is 339 g/mol. The second kappa shape index (κ2) is 6.27. The fourth-order valence-corrected chi connectivity index (χ4v) is 1.47. The van der Waals surface area contributed by atoms with Crippen LogP contribution in [0.1, 0.15) is 19.4 Å². The van der Waals surface area contributed by atoms with Gasteiger partial charge in [0.05, 0.1) is 22.6 Å². The van der Waals surface area contributed by atoms with Gasteiger partial charge < -0.3 is 4.74 Å². The lowest BCUT2D eigenvalue weighted by Crippen LogP contribution is -2.28. The molecule has 0 heterocycles. The van der Waals surface area contributed by atoms with E-state index in [0.29, 0.717) is 5.56 Å². The Kier molecular flexibility index (Phi) is 5.22. The number of nitrogens with zero attached hydrogens (tertiary/aromatic N) is 1. The van der Waals surface area contributed by atoms with Crippen LogP contribution in [0.15, 0.2) is 24.3 Å². The predicted molar refractivity (Wildman–Crippen MR) is 67.7 cm³/mol. The van der Waals surface area contributed by atoms with Crippen LogP contribution in [0.25, 0.3) is 0 Å². The minimum atomic E-state index is -4.71. The molecule has 3 nitrogen and oxygen atoms in total. The van der Waals surface area contributed by atoms with Gasteiger partial charge in [0.2, 0.25) is 5.91 Å². The summed E-state index contributed by atoms with van der Waals surface area (Å²) in [5, 5.41) is 0. The summed E-state index contributed by atoms with van der Waals surface area (Å²) in [7, 11) is 0. The lowest BCUT2D eigenvalue weighted by atomic mass is 10.1. The zero-order chi connectivity index (χ0) is 14.6. The quantitative estimate of drug-likeness (QED) is 0.783. The molecular formula is C12H13BrF3NO2. The summed E-state index contributed by atoms with van der Waals surface area (Å²) in [5.41, 5.74) is 0.615. The second-order valence-corrected chi connectivity index (χ2v) is 4.93. The number of halogens is 4. The molecule has 0 aromatic heterocycles. The van der Waals surface area contributed by atoms with E-state index in [1.807, 2.05) is 13.8 Å². The van der Waals surface area contributed by atoms with E-state index in [4.69, 9.17) is 0 Å². The first-order valence-electron chi connectivity index (χ1n) is 5.51. The average molecular weight is 340 g/mol. The van der Waals surface area contributed by atoms with Gasteiger partial charge in [-0.15, -0.1) is 13.2 Å². The van der Waals surface area contributed by atoms with Crippen LogP contribution in [0.2, 0.25) is 0 Å². The Morgan fingerprint density at radius 2 is 1.84 bits per heavy atom. The van der Waals surface area contributed by atoms with Crippen LogP contribution in [0, 0.1) is 0 Å². The Hall–Kier alpha value is -1.24. The third kappa shape index (κ3) is 5.50. The summed E-state index contributed by atoms with van der Waals surface area (Å²) in [5.74, 6) is -0.470. The number of ether oxygens (including phenoxy) is 1. The highest BCUT2D eigenvalue weighted by atomic mass is 79.9. The Bertz CT molecular complexity index is 432. The molecule has 0 spiro atoms. The van der Waals surface area contributed by atoms with Crippen LogP contribution in [0.3, 0.4) is 0 Å². The number of carbonyl (C=O) groups excluding carboxylic acids is 1. The topological polar surface area (TPSA) is 29.5 Å². The van der Waals surface area contributed by atoms with Crippen molar-refractivity contribution in [1.82, 2.24) is 3.93 Å². The van der Waals surface area contributed by atoms with Crippen molar-refractivity contribution in [2.45, 2.75) is 32.7 Å². The summed E-state index contributed by atoms with van der Waals surface area (Å²) >= 11 is 3.13. The number of carbonyl (C=O) groups is 1. The van der Waals surface area contributed by atoms with E-state index in [1.54, 1.807) is 0 Å². The molecule has 0 aliphatic rings. The molecule has 0 aliphatic heterocycles. The molecule has 19 heavy (non-hydrogen) atoms. The SMILES string of the molecule is CC(C)N(Br)C(=O)Cc1ccc(OC(F)(F)F)cc1. The summed E-state index contributed by atoms with van der Waals surface area (Å²) in [6, 6.07) is 5.23. The van der Waals surface area contributed by atoms with E-state index in [0.717, 1.165) is 0 Å². The average Bonchev–Trinajstić information content (AvgIpc) is 2.28. The second-order valence-electron chi connectivity index (χ2n) is 4.17. The van der Waals surface area contributed by atoms with E-state index >= 15 is 0 Å². The first-order chi connectivity index (χ1) is 8.69. The number of hydrogen-bond donors (Lipinski definition) is 0. The van der Waals surface area contributed by atoms with Gasteiger partial charge in [0, 0.05) is 6.04 Å². The van der Waals surface area contributed by atoms with Crippen molar-refractivity contribution in [1.29, 1.82) is 0 Å². The number of amides is 1. The normalized spacial score (nSPS) is 11.5. The van der Waals surface area contributed by atoms with Gasteiger partial charge in [0.25, 0.3) is 0 Å². The van der Waals surface area contributed by atoms with Crippen molar-refractivity contribution in [3.63, 3.8) is 0 Å². The minimum Gasteiger partial charge on any atom is -0.406 e. The van der Waals surface area contributed by atoms with E-state index in [9.17, 15) is 18.0 Å². The maximum absolute atomic E-state index is 12.0. The molecule has 1 amide bonds. The molecule has 0 bridgehead atoms. The van der Waals surface area contributed by atoms with Crippen LogP contribution < -0.4 is 4.74 Å². The number of benzene rings is 1. The summed E-state index contributed by atoms with van der Waals surface area (Å²) in [4.78, 5) is 11.7. The molecular weight excluding hydrogens is 327 g/mol.